The number of piperidine rings is 1. The maximum atomic E-state index is 11.8. The van der Waals surface area contributed by atoms with Crippen LogP contribution in [0.2, 0.25) is 0 Å². The van der Waals surface area contributed by atoms with E-state index in [-0.39, 0.29) is 5.91 Å². The van der Waals surface area contributed by atoms with Gasteiger partial charge in [-0.05, 0) is 26.2 Å². The van der Waals surface area contributed by atoms with E-state index in [1.165, 1.54) is 6.42 Å². The first-order valence-corrected chi connectivity index (χ1v) is 5.00. The molecule has 0 saturated carbocycles. The molecule has 1 fully saturated rings. The maximum absolute atomic E-state index is 11.8. The van der Waals surface area contributed by atoms with Gasteiger partial charge < -0.3 is 9.42 Å². The fourth-order valence-corrected chi connectivity index (χ4v) is 1.73. The molecule has 0 spiro atoms. The van der Waals surface area contributed by atoms with Gasteiger partial charge in [-0.1, -0.05) is 5.16 Å². The minimum absolute atomic E-state index is 0.00144. The Morgan fingerprint density at radius 2 is 2.14 bits per heavy atom. The highest BCUT2D eigenvalue weighted by atomic mass is 16.5. The summed E-state index contributed by atoms with van der Waals surface area (Å²) in [6.07, 6.45) is 3.42. The largest absolute Gasteiger partial charge is 0.361 e. The van der Waals surface area contributed by atoms with Crippen molar-refractivity contribution in [1.29, 1.82) is 0 Å². The molecule has 4 heteroatoms. The van der Waals surface area contributed by atoms with Gasteiger partial charge in [0.25, 0.3) is 5.91 Å². The summed E-state index contributed by atoms with van der Waals surface area (Å²) in [6.45, 7) is 3.50. The molecule has 0 unspecified atom stereocenters. The molecule has 1 aliphatic heterocycles. The summed E-state index contributed by atoms with van der Waals surface area (Å²) in [5.74, 6) is 0.687. The molecule has 1 aromatic rings. The molecule has 4 nitrogen and oxygen atoms in total. The van der Waals surface area contributed by atoms with Gasteiger partial charge >= 0.3 is 0 Å². The van der Waals surface area contributed by atoms with Gasteiger partial charge in [0.05, 0.1) is 0 Å². The number of carbonyl (C=O) groups is 1. The second kappa shape index (κ2) is 3.82. The lowest BCUT2D eigenvalue weighted by molar-refractivity contribution is 0.0714. The molecule has 2 rings (SSSR count). The average Bonchev–Trinajstić information content (AvgIpc) is 2.65. The Bertz CT molecular complexity index is 327. The molecule has 0 aromatic carbocycles. The number of amides is 1. The van der Waals surface area contributed by atoms with Crippen molar-refractivity contribution in [2.24, 2.45) is 0 Å². The van der Waals surface area contributed by atoms with Gasteiger partial charge in [0.1, 0.15) is 5.76 Å². The number of likely N-dealkylation sites (tertiary alicyclic amines) is 1. The van der Waals surface area contributed by atoms with Crippen molar-refractivity contribution >= 4 is 5.91 Å². The summed E-state index contributed by atoms with van der Waals surface area (Å²) in [6, 6.07) is 1.69. The summed E-state index contributed by atoms with van der Waals surface area (Å²) in [7, 11) is 0. The second-order valence-electron chi connectivity index (χ2n) is 3.68. The zero-order valence-electron chi connectivity index (χ0n) is 8.32. The molecule has 0 bridgehead atoms. The van der Waals surface area contributed by atoms with Gasteiger partial charge in [0.2, 0.25) is 0 Å². The fourth-order valence-electron chi connectivity index (χ4n) is 1.73. The standard InChI is InChI=1S/C10H14N2O2/c1-8-7-9(11-14-8)10(13)12-5-3-2-4-6-12/h7H,2-6H2,1H3. The minimum Gasteiger partial charge on any atom is -0.361 e. The maximum Gasteiger partial charge on any atom is 0.276 e. The average molecular weight is 194 g/mol. The Labute approximate surface area is 82.9 Å². The minimum atomic E-state index is 0.00144. The lowest BCUT2D eigenvalue weighted by Gasteiger charge is -2.25. The van der Waals surface area contributed by atoms with Crippen LogP contribution < -0.4 is 0 Å². The van der Waals surface area contributed by atoms with Crippen molar-refractivity contribution < 1.29 is 9.32 Å². The predicted molar refractivity (Wildman–Crippen MR) is 51.0 cm³/mol. The van der Waals surface area contributed by atoms with E-state index in [2.05, 4.69) is 5.16 Å². The Morgan fingerprint density at radius 3 is 2.71 bits per heavy atom. The zero-order valence-corrected chi connectivity index (χ0v) is 8.32. The predicted octanol–water partition coefficient (Wildman–Crippen LogP) is 1.61. The van der Waals surface area contributed by atoms with Crippen LogP contribution in [-0.2, 0) is 0 Å². The van der Waals surface area contributed by atoms with E-state index < -0.39 is 0 Å². The van der Waals surface area contributed by atoms with E-state index in [9.17, 15) is 4.79 Å². The lowest BCUT2D eigenvalue weighted by atomic mass is 10.1. The number of hydrogen-bond donors (Lipinski definition) is 0. The third-order valence-electron chi connectivity index (χ3n) is 2.49. The first kappa shape index (κ1) is 9.24. The SMILES string of the molecule is Cc1cc(C(=O)N2CCCCC2)no1. The van der Waals surface area contributed by atoms with E-state index in [4.69, 9.17) is 4.52 Å². The molecule has 0 aliphatic carbocycles. The van der Waals surface area contributed by atoms with Gasteiger partial charge in [-0.2, -0.15) is 0 Å². The Hall–Kier alpha value is -1.32. The Balaban J connectivity index is 2.07. The first-order valence-electron chi connectivity index (χ1n) is 5.00. The van der Waals surface area contributed by atoms with Crippen LogP contribution in [-0.4, -0.2) is 29.1 Å². The van der Waals surface area contributed by atoms with Crippen molar-refractivity contribution in [3.63, 3.8) is 0 Å². The van der Waals surface area contributed by atoms with Crippen molar-refractivity contribution in [3.05, 3.63) is 17.5 Å². The third-order valence-corrected chi connectivity index (χ3v) is 2.49. The van der Waals surface area contributed by atoms with Gasteiger partial charge in [0.15, 0.2) is 5.69 Å². The number of aromatic nitrogens is 1. The van der Waals surface area contributed by atoms with Gasteiger partial charge in [-0.25, -0.2) is 0 Å². The van der Waals surface area contributed by atoms with E-state index in [0.717, 1.165) is 25.9 Å². The highest BCUT2D eigenvalue weighted by molar-refractivity contribution is 5.92. The summed E-state index contributed by atoms with van der Waals surface area (Å²) >= 11 is 0. The lowest BCUT2D eigenvalue weighted by Crippen LogP contribution is -2.35. The third kappa shape index (κ3) is 1.78. The summed E-state index contributed by atoms with van der Waals surface area (Å²) in [4.78, 5) is 13.7. The van der Waals surface area contributed by atoms with Crippen LogP contribution in [0.3, 0.4) is 0 Å². The van der Waals surface area contributed by atoms with Crippen LogP contribution in [0.5, 0.6) is 0 Å². The number of carbonyl (C=O) groups excluding carboxylic acids is 1. The Morgan fingerprint density at radius 1 is 1.43 bits per heavy atom. The summed E-state index contributed by atoms with van der Waals surface area (Å²) < 4.78 is 4.88. The Kier molecular flexibility index (Phi) is 2.52. The molecule has 1 amide bonds. The van der Waals surface area contributed by atoms with Gasteiger partial charge in [0, 0.05) is 19.2 Å². The molecule has 0 radical (unpaired) electrons. The molecule has 2 heterocycles. The van der Waals surface area contributed by atoms with E-state index in [1.807, 2.05) is 4.90 Å². The molecule has 1 aromatic heterocycles. The number of aryl methyl sites for hydroxylation is 1. The van der Waals surface area contributed by atoms with E-state index >= 15 is 0 Å². The highest BCUT2D eigenvalue weighted by Gasteiger charge is 2.20. The van der Waals surface area contributed by atoms with E-state index in [1.54, 1.807) is 13.0 Å². The quantitative estimate of drug-likeness (QED) is 0.682. The second-order valence-corrected chi connectivity index (χ2v) is 3.68. The van der Waals surface area contributed by atoms with Crippen molar-refractivity contribution in [3.8, 4) is 0 Å². The van der Waals surface area contributed by atoms with Crippen molar-refractivity contribution in [1.82, 2.24) is 10.1 Å². The van der Waals surface area contributed by atoms with Crippen LogP contribution in [0.25, 0.3) is 0 Å². The smallest absolute Gasteiger partial charge is 0.276 e. The molecule has 76 valence electrons. The van der Waals surface area contributed by atoms with Crippen LogP contribution in [0.1, 0.15) is 35.5 Å². The van der Waals surface area contributed by atoms with Crippen molar-refractivity contribution in [2.75, 3.05) is 13.1 Å². The zero-order chi connectivity index (χ0) is 9.97. The summed E-state index contributed by atoms with van der Waals surface area (Å²) in [5, 5.41) is 3.72. The molecule has 0 atom stereocenters. The van der Waals surface area contributed by atoms with Crippen LogP contribution >= 0.6 is 0 Å². The molecular weight excluding hydrogens is 180 g/mol. The number of nitrogens with zero attached hydrogens (tertiary/aromatic N) is 2. The molecule has 0 N–H and O–H groups in total. The number of rotatable bonds is 1. The topological polar surface area (TPSA) is 46.3 Å². The highest BCUT2D eigenvalue weighted by Crippen LogP contribution is 2.12. The van der Waals surface area contributed by atoms with Crippen molar-refractivity contribution in [2.45, 2.75) is 26.2 Å². The van der Waals surface area contributed by atoms with Gasteiger partial charge in [-0.3, -0.25) is 4.79 Å². The first-order chi connectivity index (χ1) is 6.77. The molecular formula is C10H14N2O2. The number of hydrogen-bond acceptors (Lipinski definition) is 3. The molecule has 1 aliphatic rings. The normalized spacial score (nSPS) is 17.1. The van der Waals surface area contributed by atoms with Crippen LogP contribution in [0.15, 0.2) is 10.6 Å². The van der Waals surface area contributed by atoms with Gasteiger partial charge in [-0.15, -0.1) is 0 Å². The van der Waals surface area contributed by atoms with Crippen LogP contribution in [0.4, 0.5) is 0 Å². The monoisotopic (exact) mass is 194 g/mol. The summed E-state index contributed by atoms with van der Waals surface area (Å²) in [5.41, 5.74) is 0.435. The van der Waals surface area contributed by atoms with Crippen LogP contribution in [0, 0.1) is 6.92 Å². The van der Waals surface area contributed by atoms with E-state index in [0.29, 0.717) is 11.5 Å². The molecule has 1 saturated heterocycles. The fraction of sp³-hybridized carbons (Fsp3) is 0.600. The molecule has 14 heavy (non-hydrogen) atoms.